The molecule has 5 heteroatoms. The predicted octanol–water partition coefficient (Wildman–Crippen LogP) is 1.83. The predicted molar refractivity (Wildman–Crippen MR) is 80.1 cm³/mol. The summed E-state index contributed by atoms with van der Waals surface area (Å²) in [6.45, 7) is 1.32. The van der Waals surface area contributed by atoms with Gasteiger partial charge in [-0.05, 0) is 30.5 Å². The first-order chi connectivity index (χ1) is 9.77. The van der Waals surface area contributed by atoms with Crippen LogP contribution < -0.4 is 11.5 Å². The van der Waals surface area contributed by atoms with Gasteiger partial charge in [-0.2, -0.15) is 0 Å². The van der Waals surface area contributed by atoms with Crippen molar-refractivity contribution in [2.24, 2.45) is 0 Å². The van der Waals surface area contributed by atoms with E-state index >= 15 is 0 Å². The van der Waals surface area contributed by atoms with Gasteiger partial charge < -0.3 is 16.2 Å². The number of hydrogen-bond acceptors (Lipinski definition) is 5. The van der Waals surface area contributed by atoms with E-state index in [2.05, 4.69) is 16.0 Å². The van der Waals surface area contributed by atoms with Crippen LogP contribution in [0.2, 0.25) is 0 Å². The second-order valence-electron chi connectivity index (χ2n) is 4.59. The third-order valence-corrected chi connectivity index (χ3v) is 3.07. The molecule has 0 saturated carbocycles. The molecule has 0 amide bonds. The second-order valence-corrected chi connectivity index (χ2v) is 4.59. The lowest BCUT2D eigenvalue weighted by atomic mass is 10.2. The van der Waals surface area contributed by atoms with Crippen molar-refractivity contribution in [3.63, 3.8) is 0 Å². The van der Waals surface area contributed by atoms with Gasteiger partial charge in [0.2, 0.25) is 0 Å². The largest absolute Gasteiger partial charge is 0.397 e. The summed E-state index contributed by atoms with van der Waals surface area (Å²) in [6.07, 6.45) is 7.98. The molecule has 0 fully saturated rings. The van der Waals surface area contributed by atoms with E-state index in [1.807, 2.05) is 12.3 Å². The molecule has 0 atom stereocenters. The van der Waals surface area contributed by atoms with Crippen LogP contribution in [0, 0.1) is 0 Å². The second kappa shape index (κ2) is 7.45. The number of anilines is 2. The summed E-state index contributed by atoms with van der Waals surface area (Å²) < 4.78 is 5.60. The van der Waals surface area contributed by atoms with Gasteiger partial charge >= 0.3 is 0 Å². The Kier molecular flexibility index (Phi) is 5.32. The summed E-state index contributed by atoms with van der Waals surface area (Å²) in [7, 11) is 0. The van der Waals surface area contributed by atoms with Crippen LogP contribution in [0.25, 0.3) is 0 Å². The highest BCUT2D eigenvalue weighted by Gasteiger charge is 2.03. The minimum atomic E-state index is 0.562. The van der Waals surface area contributed by atoms with Crippen LogP contribution in [-0.2, 0) is 17.6 Å². The average molecular weight is 272 g/mol. The molecular formula is C15H20N4O. The van der Waals surface area contributed by atoms with E-state index in [1.165, 1.54) is 5.56 Å². The summed E-state index contributed by atoms with van der Waals surface area (Å²) in [5, 5.41) is 0. The zero-order chi connectivity index (χ0) is 14.2. The number of rotatable bonds is 7. The first kappa shape index (κ1) is 14.3. The van der Waals surface area contributed by atoms with Gasteiger partial charge in [0.1, 0.15) is 0 Å². The van der Waals surface area contributed by atoms with Crippen LogP contribution in [0.1, 0.15) is 17.7 Å². The number of aromatic nitrogens is 2. The molecule has 2 aromatic rings. The van der Waals surface area contributed by atoms with Crippen molar-refractivity contribution in [3.8, 4) is 0 Å². The molecule has 0 spiro atoms. The van der Waals surface area contributed by atoms with Crippen molar-refractivity contribution in [2.75, 3.05) is 24.7 Å². The van der Waals surface area contributed by atoms with E-state index in [1.54, 1.807) is 18.5 Å². The minimum Gasteiger partial charge on any atom is -0.397 e. The van der Waals surface area contributed by atoms with E-state index in [-0.39, 0.29) is 0 Å². The van der Waals surface area contributed by atoms with Crippen molar-refractivity contribution >= 4 is 11.4 Å². The maximum atomic E-state index is 5.85. The maximum absolute atomic E-state index is 5.85. The lowest BCUT2D eigenvalue weighted by Gasteiger charge is -2.07. The summed E-state index contributed by atoms with van der Waals surface area (Å²) in [6, 6.07) is 5.72. The highest BCUT2D eigenvalue weighted by molar-refractivity contribution is 5.64. The number of aryl methyl sites for hydroxylation is 1. The van der Waals surface area contributed by atoms with Crippen LogP contribution in [0.3, 0.4) is 0 Å². The van der Waals surface area contributed by atoms with Crippen LogP contribution in [0.15, 0.2) is 36.8 Å². The Morgan fingerprint density at radius 2 is 1.95 bits per heavy atom. The number of nitrogen functional groups attached to an aromatic ring is 2. The number of hydrogen-bond donors (Lipinski definition) is 2. The van der Waals surface area contributed by atoms with Gasteiger partial charge in [0.05, 0.1) is 23.7 Å². The highest BCUT2D eigenvalue weighted by atomic mass is 16.5. The van der Waals surface area contributed by atoms with E-state index < -0.39 is 0 Å². The Balaban J connectivity index is 1.63. The Bertz CT molecular complexity index is 531. The molecule has 5 nitrogen and oxygen atoms in total. The summed E-state index contributed by atoms with van der Waals surface area (Å²) in [5.41, 5.74) is 14.7. The fourth-order valence-corrected chi connectivity index (χ4v) is 1.93. The molecule has 0 aliphatic heterocycles. The molecule has 0 radical (unpaired) electrons. The summed E-state index contributed by atoms with van der Waals surface area (Å²) in [4.78, 5) is 8.29. The van der Waals surface area contributed by atoms with Gasteiger partial charge in [-0.1, -0.05) is 6.07 Å². The zero-order valence-corrected chi connectivity index (χ0v) is 11.5. The van der Waals surface area contributed by atoms with E-state index in [0.29, 0.717) is 24.4 Å². The quantitative estimate of drug-likeness (QED) is 0.751. The van der Waals surface area contributed by atoms with Gasteiger partial charge in [-0.3, -0.25) is 9.97 Å². The molecular weight excluding hydrogens is 252 g/mol. The molecule has 4 N–H and O–H groups in total. The molecule has 2 rings (SSSR count). The van der Waals surface area contributed by atoms with Gasteiger partial charge in [0.25, 0.3) is 0 Å². The molecule has 0 bridgehead atoms. The number of nitrogens with two attached hydrogens (primary N) is 2. The number of ether oxygens (including phenoxy) is 1. The molecule has 0 aliphatic carbocycles. The minimum absolute atomic E-state index is 0.562. The molecule has 0 aromatic carbocycles. The van der Waals surface area contributed by atoms with Gasteiger partial charge in [-0.25, -0.2) is 0 Å². The molecule has 0 unspecified atom stereocenters. The Morgan fingerprint density at radius 1 is 1.05 bits per heavy atom. The molecule has 106 valence electrons. The van der Waals surface area contributed by atoms with Gasteiger partial charge in [-0.15, -0.1) is 0 Å². The fourth-order valence-electron chi connectivity index (χ4n) is 1.93. The summed E-state index contributed by atoms with van der Waals surface area (Å²) >= 11 is 0. The standard InChI is InChI=1S/C15H20N4O/c16-13-5-8-19-14(15(13)17)6-10-20-9-2-4-12-3-1-7-18-11-12/h1,3,5,7-8,11H,2,4,6,9-10,17H2,(H2,16,19). The average Bonchev–Trinajstić information content (AvgIpc) is 2.48. The summed E-state index contributed by atoms with van der Waals surface area (Å²) in [5.74, 6) is 0. The molecule has 0 aliphatic rings. The van der Waals surface area contributed by atoms with Gasteiger partial charge in [0, 0.05) is 31.6 Å². The van der Waals surface area contributed by atoms with Crippen LogP contribution >= 0.6 is 0 Å². The SMILES string of the molecule is Nc1ccnc(CCOCCCc2cccnc2)c1N. The number of pyridine rings is 2. The first-order valence-electron chi connectivity index (χ1n) is 6.73. The smallest absolute Gasteiger partial charge is 0.0767 e. The van der Waals surface area contributed by atoms with Crippen LogP contribution in [0.5, 0.6) is 0 Å². The zero-order valence-electron chi connectivity index (χ0n) is 11.5. The maximum Gasteiger partial charge on any atom is 0.0767 e. The molecule has 20 heavy (non-hydrogen) atoms. The Labute approximate surface area is 119 Å². The van der Waals surface area contributed by atoms with Crippen LogP contribution in [-0.4, -0.2) is 23.2 Å². The molecule has 0 saturated heterocycles. The van der Waals surface area contributed by atoms with Crippen molar-refractivity contribution in [3.05, 3.63) is 48.0 Å². The first-order valence-corrected chi connectivity index (χ1v) is 6.73. The van der Waals surface area contributed by atoms with Crippen molar-refractivity contribution in [1.29, 1.82) is 0 Å². The van der Waals surface area contributed by atoms with Crippen molar-refractivity contribution in [2.45, 2.75) is 19.3 Å². The third kappa shape index (κ3) is 4.20. The van der Waals surface area contributed by atoms with E-state index in [0.717, 1.165) is 25.1 Å². The lowest BCUT2D eigenvalue weighted by Crippen LogP contribution is -2.07. The third-order valence-electron chi connectivity index (χ3n) is 3.07. The molecule has 2 aromatic heterocycles. The topological polar surface area (TPSA) is 87.0 Å². The monoisotopic (exact) mass is 272 g/mol. The number of nitrogens with zero attached hydrogens (tertiary/aromatic N) is 2. The van der Waals surface area contributed by atoms with Crippen molar-refractivity contribution in [1.82, 2.24) is 9.97 Å². The lowest BCUT2D eigenvalue weighted by molar-refractivity contribution is 0.134. The molecule has 2 heterocycles. The van der Waals surface area contributed by atoms with E-state index in [9.17, 15) is 0 Å². The van der Waals surface area contributed by atoms with Gasteiger partial charge in [0.15, 0.2) is 0 Å². The van der Waals surface area contributed by atoms with Crippen LogP contribution in [0.4, 0.5) is 11.4 Å². The highest BCUT2D eigenvalue weighted by Crippen LogP contribution is 2.17. The van der Waals surface area contributed by atoms with E-state index in [4.69, 9.17) is 16.2 Å². The normalized spacial score (nSPS) is 10.6. The Morgan fingerprint density at radius 3 is 2.75 bits per heavy atom. The fraction of sp³-hybridized carbons (Fsp3) is 0.333. The van der Waals surface area contributed by atoms with Crippen molar-refractivity contribution < 1.29 is 4.74 Å². The Hall–Kier alpha value is -2.14.